The summed E-state index contributed by atoms with van der Waals surface area (Å²) in [5.41, 5.74) is 0. The zero-order valence-electron chi connectivity index (χ0n) is 7.19. The Bertz CT molecular complexity index is 312. The van der Waals surface area contributed by atoms with Crippen molar-refractivity contribution in [3.05, 3.63) is 11.6 Å². The number of carbonyl (C=O) groups excluding carboxylic acids is 1. The average molecular weight is 215 g/mol. The van der Waals surface area contributed by atoms with Crippen LogP contribution in [-0.4, -0.2) is 28.6 Å². The maximum atomic E-state index is 11.1. The van der Waals surface area contributed by atoms with Crippen LogP contribution in [0.25, 0.3) is 0 Å². The summed E-state index contributed by atoms with van der Waals surface area (Å²) in [6.07, 6.45) is 0.550. The molecule has 1 aromatic heterocycles. The van der Waals surface area contributed by atoms with Gasteiger partial charge in [0.1, 0.15) is 0 Å². The number of anilines is 1. The van der Waals surface area contributed by atoms with Gasteiger partial charge in [-0.1, -0.05) is 0 Å². The standard InChI is InChI=1S/C7H9N3O3S/c11-5(1-2-9-7(12)13)10-6-8-3-4-14-6/h3-4,9H,1-2H2,(H,12,13)(H,8,10,11). The third-order valence-corrected chi connectivity index (χ3v) is 2.00. The van der Waals surface area contributed by atoms with Crippen LogP contribution in [0.1, 0.15) is 6.42 Å². The molecule has 7 heteroatoms. The molecule has 0 spiro atoms. The number of rotatable bonds is 4. The maximum Gasteiger partial charge on any atom is 0.404 e. The number of hydrogen-bond donors (Lipinski definition) is 3. The van der Waals surface area contributed by atoms with Gasteiger partial charge in [-0.15, -0.1) is 11.3 Å². The van der Waals surface area contributed by atoms with E-state index in [0.717, 1.165) is 0 Å². The van der Waals surface area contributed by atoms with E-state index >= 15 is 0 Å². The van der Waals surface area contributed by atoms with Crippen LogP contribution in [0.4, 0.5) is 9.93 Å². The number of nitrogens with one attached hydrogen (secondary N) is 2. The Morgan fingerprint density at radius 3 is 2.93 bits per heavy atom. The third-order valence-electron chi connectivity index (χ3n) is 1.31. The number of carboxylic acid groups (broad SMARTS) is 1. The number of amides is 2. The fraction of sp³-hybridized carbons (Fsp3) is 0.286. The van der Waals surface area contributed by atoms with Gasteiger partial charge in [0.15, 0.2) is 5.13 Å². The fourth-order valence-electron chi connectivity index (χ4n) is 0.750. The van der Waals surface area contributed by atoms with Gasteiger partial charge < -0.3 is 15.7 Å². The van der Waals surface area contributed by atoms with Gasteiger partial charge in [-0.05, 0) is 0 Å². The molecule has 0 aliphatic heterocycles. The van der Waals surface area contributed by atoms with Crippen molar-refractivity contribution in [1.82, 2.24) is 10.3 Å². The van der Waals surface area contributed by atoms with Gasteiger partial charge >= 0.3 is 6.09 Å². The molecule has 1 heterocycles. The van der Waals surface area contributed by atoms with Gasteiger partial charge in [0.25, 0.3) is 0 Å². The number of hydrogen-bond acceptors (Lipinski definition) is 4. The Morgan fingerprint density at radius 1 is 1.57 bits per heavy atom. The zero-order chi connectivity index (χ0) is 10.4. The number of aromatic nitrogens is 1. The highest BCUT2D eigenvalue weighted by atomic mass is 32.1. The predicted octanol–water partition coefficient (Wildman–Crippen LogP) is 0.739. The third kappa shape index (κ3) is 3.85. The second-order valence-corrected chi connectivity index (χ2v) is 3.26. The van der Waals surface area contributed by atoms with Crippen LogP contribution in [0.15, 0.2) is 11.6 Å². The first-order valence-electron chi connectivity index (χ1n) is 3.84. The summed E-state index contributed by atoms with van der Waals surface area (Å²) in [7, 11) is 0. The van der Waals surface area contributed by atoms with Crippen molar-refractivity contribution in [3.63, 3.8) is 0 Å². The van der Waals surface area contributed by atoms with E-state index in [2.05, 4.69) is 15.6 Å². The van der Waals surface area contributed by atoms with Gasteiger partial charge in [0, 0.05) is 24.5 Å². The Morgan fingerprint density at radius 2 is 2.36 bits per heavy atom. The van der Waals surface area contributed by atoms with Gasteiger partial charge in [-0.3, -0.25) is 4.79 Å². The molecule has 0 aromatic carbocycles. The first kappa shape index (κ1) is 10.5. The summed E-state index contributed by atoms with van der Waals surface area (Å²) in [5.74, 6) is -0.256. The molecule has 2 amide bonds. The van der Waals surface area contributed by atoms with E-state index in [-0.39, 0.29) is 18.9 Å². The van der Waals surface area contributed by atoms with Gasteiger partial charge in [-0.25, -0.2) is 9.78 Å². The lowest BCUT2D eigenvalue weighted by molar-refractivity contribution is -0.116. The summed E-state index contributed by atoms with van der Waals surface area (Å²) in [5, 5.41) is 15.1. The Hall–Kier alpha value is -1.63. The molecule has 0 unspecified atom stereocenters. The van der Waals surface area contributed by atoms with Crippen molar-refractivity contribution >= 4 is 28.5 Å². The summed E-state index contributed by atoms with van der Waals surface area (Å²) in [4.78, 5) is 25.0. The van der Waals surface area contributed by atoms with Crippen LogP contribution >= 0.6 is 11.3 Å². The number of nitrogens with zero attached hydrogens (tertiary/aromatic N) is 1. The highest BCUT2D eigenvalue weighted by Gasteiger charge is 2.04. The van der Waals surface area contributed by atoms with E-state index in [0.29, 0.717) is 5.13 Å². The molecule has 0 bridgehead atoms. The molecule has 0 radical (unpaired) electrons. The van der Waals surface area contributed by atoms with Crippen molar-refractivity contribution in [2.75, 3.05) is 11.9 Å². The first-order valence-corrected chi connectivity index (χ1v) is 4.72. The average Bonchev–Trinajstić information content (AvgIpc) is 2.56. The molecule has 1 aromatic rings. The van der Waals surface area contributed by atoms with E-state index < -0.39 is 6.09 Å². The number of thiazole rings is 1. The van der Waals surface area contributed by atoms with E-state index in [1.165, 1.54) is 11.3 Å². The molecule has 0 saturated heterocycles. The lowest BCUT2D eigenvalue weighted by Crippen LogP contribution is -2.25. The smallest absolute Gasteiger partial charge is 0.404 e. The second kappa shape index (κ2) is 5.18. The Kier molecular flexibility index (Phi) is 3.86. The molecule has 0 atom stereocenters. The van der Waals surface area contributed by atoms with E-state index in [9.17, 15) is 9.59 Å². The molecular weight excluding hydrogens is 206 g/mol. The van der Waals surface area contributed by atoms with Gasteiger partial charge in [-0.2, -0.15) is 0 Å². The van der Waals surface area contributed by atoms with Crippen LogP contribution in [0.3, 0.4) is 0 Å². The normalized spacial score (nSPS) is 9.43. The van der Waals surface area contributed by atoms with Crippen molar-refractivity contribution in [1.29, 1.82) is 0 Å². The summed E-state index contributed by atoms with van der Waals surface area (Å²) in [6.45, 7) is 0.104. The number of carbonyl (C=O) groups is 2. The molecule has 0 aliphatic rings. The Labute approximate surface area is 84.0 Å². The second-order valence-electron chi connectivity index (χ2n) is 2.37. The minimum absolute atomic E-state index is 0.103. The topological polar surface area (TPSA) is 91.3 Å². The van der Waals surface area contributed by atoms with E-state index in [1.807, 2.05) is 0 Å². The molecule has 14 heavy (non-hydrogen) atoms. The monoisotopic (exact) mass is 215 g/mol. The lowest BCUT2D eigenvalue weighted by atomic mass is 10.4. The van der Waals surface area contributed by atoms with Crippen LogP contribution in [0.2, 0.25) is 0 Å². The molecule has 1 rings (SSSR count). The molecule has 0 fully saturated rings. The van der Waals surface area contributed by atoms with E-state index in [1.54, 1.807) is 11.6 Å². The minimum atomic E-state index is -1.13. The van der Waals surface area contributed by atoms with Crippen LogP contribution < -0.4 is 10.6 Å². The largest absolute Gasteiger partial charge is 0.465 e. The molecule has 3 N–H and O–H groups in total. The van der Waals surface area contributed by atoms with Crippen LogP contribution in [0, 0.1) is 0 Å². The zero-order valence-corrected chi connectivity index (χ0v) is 8.00. The van der Waals surface area contributed by atoms with Gasteiger partial charge in [0.05, 0.1) is 0 Å². The van der Waals surface area contributed by atoms with Crippen molar-refractivity contribution in [3.8, 4) is 0 Å². The minimum Gasteiger partial charge on any atom is -0.465 e. The maximum absolute atomic E-state index is 11.1. The highest BCUT2D eigenvalue weighted by Crippen LogP contribution is 2.09. The molecule has 0 saturated carbocycles. The first-order chi connectivity index (χ1) is 6.68. The van der Waals surface area contributed by atoms with Crippen LogP contribution in [0.5, 0.6) is 0 Å². The quantitative estimate of drug-likeness (QED) is 0.690. The summed E-state index contributed by atoms with van der Waals surface area (Å²) >= 11 is 1.31. The SMILES string of the molecule is O=C(O)NCCC(=O)Nc1nccs1. The summed E-state index contributed by atoms with van der Waals surface area (Å²) in [6, 6.07) is 0. The molecule has 76 valence electrons. The predicted molar refractivity (Wildman–Crippen MR) is 51.4 cm³/mol. The molecular formula is C7H9N3O3S. The highest BCUT2D eigenvalue weighted by molar-refractivity contribution is 7.13. The molecule has 0 aliphatic carbocycles. The lowest BCUT2D eigenvalue weighted by Gasteiger charge is -2.00. The summed E-state index contributed by atoms with van der Waals surface area (Å²) < 4.78 is 0. The van der Waals surface area contributed by atoms with Crippen molar-refractivity contribution < 1.29 is 14.7 Å². The van der Waals surface area contributed by atoms with E-state index in [4.69, 9.17) is 5.11 Å². The van der Waals surface area contributed by atoms with Crippen LogP contribution in [-0.2, 0) is 4.79 Å². The van der Waals surface area contributed by atoms with Crippen molar-refractivity contribution in [2.24, 2.45) is 0 Å². The Balaban J connectivity index is 2.20. The fourth-order valence-corrected chi connectivity index (χ4v) is 1.29. The molecule has 6 nitrogen and oxygen atoms in total. The van der Waals surface area contributed by atoms with Crippen molar-refractivity contribution in [2.45, 2.75) is 6.42 Å². The van der Waals surface area contributed by atoms with Gasteiger partial charge in [0.2, 0.25) is 5.91 Å².